The molecule has 0 aromatic carbocycles. The molecule has 11 heavy (non-hydrogen) atoms. The molecular formula is C9H12OS. The molecular weight excluding hydrogens is 156 g/mol. The van der Waals surface area contributed by atoms with Crippen LogP contribution < -0.4 is 0 Å². The molecule has 0 bridgehead atoms. The van der Waals surface area contributed by atoms with Crippen LogP contribution in [0.25, 0.3) is 0 Å². The summed E-state index contributed by atoms with van der Waals surface area (Å²) < 4.78 is 0. The van der Waals surface area contributed by atoms with Crippen LogP contribution in [-0.4, -0.2) is 5.78 Å². The fourth-order valence-electron chi connectivity index (χ4n) is 0.953. The second-order valence-corrected chi connectivity index (χ2v) is 3.85. The van der Waals surface area contributed by atoms with Crippen LogP contribution in [0.5, 0.6) is 0 Å². The lowest BCUT2D eigenvalue weighted by atomic mass is 10.2. The van der Waals surface area contributed by atoms with Crippen molar-refractivity contribution in [1.82, 2.24) is 0 Å². The first-order valence-electron chi connectivity index (χ1n) is 3.79. The van der Waals surface area contributed by atoms with Gasteiger partial charge in [-0.2, -0.15) is 0 Å². The van der Waals surface area contributed by atoms with Crippen molar-refractivity contribution < 1.29 is 4.79 Å². The van der Waals surface area contributed by atoms with Crippen LogP contribution in [0, 0.1) is 0 Å². The molecule has 0 radical (unpaired) electrons. The maximum atomic E-state index is 10.7. The van der Waals surface area contributed by atoms with Crippen LogP contribution >= 0.6 is 11.3 Å². The predicted molar refractivity (Wildman–Crippen MR) is 48.1 cm³/mol. The molecule has 0 saturated carbocycles. The fourth-order valence-corrected chi connectivity index (χ4v) is 1.98. The Balaban J connectivity index is 2.65. The highest BCUT2D eigenvalue weighted by molar-refractivity contribution is 7.12. The minimum absolute atomic E-state index is 0.245. The number of ketones is 1. The summed E-state index contributed by atoms with van der Waals surface area (Å²) in [6.07, 6.45) is 1.67. The van der Waals surface area contributed by atoms with Crippen LogP contribution in [0.4, 0.5) is 0 Å². The van der Waals surface area contributed by atoms with Crippen molar-refractivity contribution in [1.29, 1.82) is 0 Å². The summed E-state index contributed by atoms with van der Waals surface area (Å²) >= 11 is 1.74. The van der Waals surface area contributed by atoms with Crippen molar-refractivity contribution in [2.75, 3.05) is 0 Å². The lowest BCUT2D eigenvalue weighted by Gasteiger charge is -1.88. The van der Waals surface area contributed by atoms with E-state index in [9.17, 15) is 4.79 Å². The van der Waals surface area contributed by atoms with Crippen molar-refractivity contribution in [3.63, 3.8) is 0 Å². The number of carbonyl (C=O) groups is 1. The zero-order chi connectivity index (χ0) is 8.27. The molecule has 0 aliphatic carbocycles. The molecule has 0 saturated heterocycles. The Hall–Kier alpha value is -0.630. The number of thiophene rings is 1. The van der Waals surface area contributed by atoms with Crippen molar-refractivity contribution in [2.24, 2.45) is 0 Å². The molecule has 2 heteroatoms. The minimum atomic E-state index is 0.245. The third-order valence-electron chi connectivity index (χ3n) is 1.49. The van der Waals surface area contributed by atoms with Gasteiger partial charge in [-0.05, 0) is 25.5 Å². The smallest absolute Gasteiger partial charge is 0.135 e. The molecule has 0 fully saturated rings. The number of rotatable bonds is 3. The summed E-state index contributed by atoms with van der Waals surface area (Å²) in [4.78, 5) is 13.3. The van der Waals surface area contributed by atoms with Gasteiger partial charge in [-0.3, -0.25) is 4.79 Å². The molecule has 0 amide bonds. The number of hydrogen-bond acceptors (Lipinski definition) is 2. The Morgan fingerprint density at radius 2 is 2.09 bits per heavy atom. The van der Waals surface area contributed by atoms with E-state index in [2.05, 4.69) is 13.0 Å². The average molecular weight is 168 g/mol. The number of aryl methyl sites for hydroxylation is 1. The van der Waals surface area contributed by atoms with Gasteiger partial charge in [0.1, 0.15) is 5.78 Å². The van der Waals surface area contributed by atoms with Gasteiger partial charge in [0, 0.05) is 16.2 Å². The first-order valence-corrected chi connectivity index (χ1v) is 4.61. The fraction of sp³-hybridized carbons (Fsp3) is 0.444. The molecule has 0 aliphatic heterocycles. The topological polar surface area (TPSA) is 17.1 Å². The van der Waals surface area contributed by atoms with E-state index in [0.29, 0.717) is 6.42 Å². The Morgan fingerprint density at radius 1 is 1.45 bits per heavy atom. The van der Waals surface area contributed by atoms with E-state index in [1.807, 2.05) is 6.07 Å². The maximum Gasteiger partial charge on any atom is 0.135 e. The van der Waals surface area contributed by atoms with Gasteiger partial charge in [0.2, 0.25) is 0 Å². The second kappa shape index (κ2) is 3.67. The molecule has 0 unspecified atom stereocenters. The highest BCUT2D eigenvalue weighted by atomic mass is 32.1. The zero-order valence-electron chi connectivity index (χ0n) is 6.89. The summed E-state index contributed by atoms with van der Waals surface area (Å²) in [6, 6.07) is 4.15. The van der Waals surface area contributed by atoms with E-state index in [1.165, 1.54) is 9.75 Å². The molecule has 1 nitrogen and oxygen atoms in total. The van der Waals surface area contributed by atoms with Crippen molar-refractivity contribution in [2.45, 2.75) is 26.7 Å². The average Bonchev–Trinajstić information content (AvgIpc) is 2.34. The molecule has 60 valence electrons. The molecule has 1 heterocycles. The van der Waals surface area contributed by atoms with Gasteiger partial charge >= 0.3 is 0 Å². The van der Waals surface area contributed by atoms with Gasteiger partial charge in [0.25, 0.3) is 0 Å². The van der Waals surface area contributed by atoms with Gasteiger partial charge in [-0.1, -0.05) is 6.92 Å². The molecule has 0 atom stereocenters. The van der Waals surface area contributed by atoms with E-state index in [-0.39, 0.29) is 5.78 Å². The third-order valence-corrected chi connectivity index (χ3v) is 2.72. The second-order valence-electron chi connectivity index (χ2n) is 2.60. The maximum absolute atomic E-state index is 10.7. The van der Waals surface area contributed by atoms with Gasteiger partial charge in [-0.15, -0.1) is 11.3 Å². The van der Waals surface area contributed by atoms with E-state index < -0.39 is 0 Å². The highest BCUT2D eigenvalue weighted by Crippen LogP contribution is 2.17. The Labute approximate surface area is 71.1 Å². The van der Waals surface area contributed by atoms with E-state index in [0.717, 1.165) is 6.42 Å². The first-order chi connectivity index (χ1) is 5.22. The van der Waals surface area contributed by atoms with Gasteiger partial charge in [-0.25, -0.2) is 0 Å². The molecule has 0 aliphatic rings. The summed E-state index contributed by atoms with van der Waals surface area (Å²) in [5.41, 5.74) is 0. The standard InChI is InChI=1S/C9H12OS/c1-3-8-4-5-9(11-8)6-7(2)10/h4-5H,3,6H2,1-2H3. The van der Waals surface area contributed by atoms with E-state index >= 15 is 0 Å². The number of Topliss-reactive ketones (excluding diaryl/α,β-unsaturated/α-hetero) is 1. The Bertz CT molecular complexity index is 250. The third kappa shape index (κ3) is 2.46. The molecule has 0 N–H and O–H groups in total. The lowest BCUT2D eigenvalue weighted by molar-refractivity contribution is -0.116. The summed E-state index contributed by atoms with van der Waals surface area (Å²) in [5, 5.41) is 0. The normalized spacial score (nSPS) is 10.0. The SMILES string of the molecule is CCc1ccc(CC(C)=O)s1. The van der Waals surface area contributed by atoms with Crippen LogP contribution in [0.3, 0.4) is 0 Å². The van der Waals surface area contributed by atoms with Gasteiger partial charge < -0.3 is 0 Å². The van der Waals surface area contributed by atoms with Crippen molar-refractivity contribution in [3.8, 4) is 0 Å². The molecule has 0 spiro atoms. The van der Waals surface area contributed by atoms with Crippen molar-refractivity contribution in [3.05, 3.63) is 21.9 Å². The highest BCUT2D eigenvalue weighted by Gasteiger charge is 2.00. The van der Waals surface area contributed by atoms with E-state index in [4.69, 9.17) is 0 Å². The zero-order valence-corrected chi connectivity index (χ0v) is 7.70. The first kappa shape index (κ1) is 8.47. The quantitative estimate of drug-likeness (QED) is 0.677. The lowest BCUT2D eigenvalue weighted by Crippen LogP contribution is -1.92. The predicted octanol–water partition coefficient (Wildman–Crippen LogP) is 2.44. The largest absolute Gasteiger partial charge is 0.300 e. The number of carbonyl (C=O) groups excluding carboxylic acids is 1. The van der Waals surface area contributed by atoms with Crippen molar-refractivity contribution >= 4 is 17.1 Å². The Morgan fingerprint density at radius 3 is 2.55 bits per heavy atom. The van der Waals surface area contributed by atoms with Crippen LogP contribution in [0.2, 0.25) is 0 Å². The monoisotopic (exact) mass is 168 g/mol. The molecule has 1 aromatic rings. The summed E-state index contributed by atoms with van der Waals surface area (Å²) in [5.74, 6) is 0.245. The minimum Gasteiger partial charge on any atom is -0.300 e. The Kier molecular flexibility index (Phi) is 2.83. The van der Waals surface area contributed by atoms with Crippen LogP contribution in [0.15, 0.2) is 12.1 Å². The summed E-state index contributed by atoms with van der Waals surface area (Å²) in [6.45, 7) is 3.76. The van der Waals surface area contributed by atoms with Crippen LogP contribution in [-0.2, 0) is 17.6 Å². The van der Waals surface area contributed by atoms with Crippen LogP contribution in [0.1, 0.15) is 23.6 Å². The van der Waals surface area contributed by atoms with E-state index in [1.54, 1.807) is 18.3 Å². The van der Waals surface area contributed by atoms with Gasteiger partial charge in [0.15, 0.2) is 0 Å². The molecule has 1 rings (SSSR count). The molecule has 1 aromatic heterocycles. The number of hydrogen-bond donors (Lipinski definition) is 0. The summed E-state index contributed by atoms with van der Waals surface area (Å²) in [7, 11) is 0. The van der Waals surface area contributed by atoms with Gasteiger partial charge in [0.05, 0.1) is 0 Å².